The van der Waals surface area contributed by atoms with E-state index < -0.39 is 18.0 Å². The SMILES string of the molecule is COc1ccc2c(c1)CNC(=O)[C@H](Cc1c[nH]c3ccccc13)N(C)C(=O)[C@H](CCCCN)CC(=O)[C@H](CCCN)NCc1cccnc1S2. The molecule has 0 fully saturated rings. The van der Waals surface area contributed by atoms with E-state index in [1.807, 2.05) is 60.8 Å². The van der Waals surface area contributed by atoms with Crippen LogP contribution in [0.3, 0.4) is 0 Å². The number of nitrogens with zero attached hydrogens (tertiary/aromatic N) is 2. The quantitative estimate of drug-likeness (QED) is 0.151. The number of H-pyrrole nitrogens is 1. The third-order valence-electron chi connectivity index (χ3n) is 9.41. The Morgan fingerprint density at radius 1 is 0.960 bits per heavy atom. The van der Waals surface area contributed by atoms with Crippen LogP contribution in [0.5, 0.6) is 5.75 Å². The lowest BCUT2D eigenvalue weighted by molar-refractivity contribution is -0.143. The van der Waals surface area contributed by atoms with Gasteiger partial charge in [0.15, 0.2) is 5.78 Å². The summed E-state index contributed by atoms with van der Waals surface area (Å²) >= 11 is 1.50. The van der Waals surface area contributed by atoms with Crippen LogP contribution in [0, 0.1) is 5.92 Å². The molecule has 0 saturated carbocycles. The lowest BCUT2D eigenvalue weighted by Gasteiger charge is -2.31. The van der Waals surface area contributed by atoms with Crippen LogP contribution in [0.25, 0.3) is 10.9 Å². The van der Waals surface area contributed by atoms with Gasteiger partial charge < -0.3 is 36.7 Å². The van der Waals surface area contributed by atoms with Crippen LogP contribution in [0.15, 0.2) is 76.9 Å². The van der Waals surface area contributed by atoms with Gasteiger partial charge in [0.25, 0.3) is 0 Å². The van der Waals surface area contributed by atoms with Gasteiger partial charge in [0.1, 0.15) is 16.8 Å². The molecule has 12 heteroatoms. The highest BCUT2D eigenvalue weighted by Gasteiger charge is 2.34. The number of ether oxygens (including phenoxy) is 1. The van der Waals surface area contributed by atoms with Crippen LogP contribution < -0.4 is 26.8 Å². The number of nitrogens with two attached hydrogens (primary N) is 2. The van der Waals surface area contributed by atoms with E-state index in [1.165, 1.54) is 11.8 Å². The molecule has 0 unspecified atom stereocenters. The smallest absolute Gasteiger partial charge is 0.243 e. The Bertz CT molecular complexity index is 1760. The largest absolute Gasteiger partial charge is 0.497 e. The number of benzene rings is 2. The number of Topliss-reactive ketones (excluding diaryl/α,β-unsaturated/α-hetero) is 1. The van der Waals surface area contributed by atoms with E-state index in [0.717, 1.165) is 43.9 Å². The van der Waals surface area contributed by atoms with Crippen molar-refractivity contribution in [3.63, 3.8) is 0 Å². The number of carbonyl (C=O) groups is 3. The van der Waals surface area contributed by atoms with Crippen molar-refractivity contribution in [2.24, 2.45) is 17.4 Å². The monoisotopic (exact) mass is 699 g/mol. The second kappa shape index (κ2) is 18.1. The van der Waals surface area contributed by atoms with Crippen molar-refractivity contribution >= 4 is 40.3 Å². The summed E-state index contributed by atoms with van der Waals surface area (Å²) in [5.74, 6) is -0.511. The molecule has 50 heavy (non-hydrogen) atoms. The van der Waals surface area contributed by atoms with E-state index in [2.05, 4.69) is 20.6 Å². The Balaban J connectivity index is 1.56. The molecule has 266 valence electrons. The number of rotatable bonds is 10. The molecular formula is C38H49N7O4S. The minimum atomic E-state index is -0.834. The van der Waals surface area contributed by atoms with E-state index in [1.54, 1.807) is 25.3 Å². The molecule has 4 aromatic rings. The molecule has 0 aliphatic carbocycles. The molecule has 5 rings (SSSR count). The van der Waals surface area contributed by atoms with Gasteiger partial charge in [-0.05, 0) is 85.8 Å². The van der Waals surface area contributed by atoms with Crippen molar-refractivity contribution in [2.75, 3.05) is 27.2 Å². The molecule has 3 atom stereocenters. The van der Waals surface area contributed by atoms with Gasteiger partial charge in [0, 0.05) is 67.1 Å². The second-order valence-corrected chi connectivity index (χ2v) is 13.8. The lowest BCUT2D eigenvalue weighted by atomic mass is 9.90. The molecule has 0 spiro atoms. The highest BCUT2D eigenvalue weighted by Crippen LogP contribution is 2.34. The number of likely N-dealkylation sites (N-methyl/N-ethyl adjacent to an activating group) is 1. The molecule has 0 radical (unpaired) electrons. The molecule has 3 heterocycles. The molecule has 0 bridgehead atoms. The second-order valence-electron chi connectivity index (χ2n) is 12.8. The zero-order chi connectivity index (χ0) is 35.5. The van der Waals surface area contributed by atoms with Gasteiger partial charge in [0.2, 0.25) is 11.8 Å². The maximum absolute atomic E-state index is 14.4. The number of aromatic nitrogens is 2. The zero-order valence-corrected chi connectivity index (χ0v) is 29.8. The standard InChI is InChI=1S/C38H49N7O4S/c1-45-33(20-27-23-42-31-12-4-3-11-30(27)31)36(47)44-24-28-19-29(49-2)14-15-35(28)50-37-26(10-8-18-41-37)22-43-32(13-7-17-40)34(46)21-25(38(45)48)9-5-6-16-39/h3-4,8,10-12,14-15,18-19,23,25,32-33,42-43H,5-7,9,13,16-17,20-22,24,39-40H2,1-2H3,(H,44,47)/t25-,32+,33+/m1/s1. The molecule has 7 N–H and O–H groups in total. The van der Waals surface area contributed by atoms with E-state index in [9.17, 15) is 14.4 Å². The van der Waals surface area contributed by atoms with Gasteiger partial charge in [-0.15, -0.1) is 0 Å². The lowest BCUT2D eigenvalue weighted by Crippen LogP contribution is -2.51. The van der Waals surface area contributed by atoms with Crippen molar-refractivity contribution in [3.05, 3.63) is 83.7 Å². The van der Waals surface area contributed by atoms with Crippen molar-refractivity contribution in [3.8, 4) is 5.75 Å². The molecule has 2 amide bonds. The number of para-hydroxylation sites is 1. The average Bonchev–Trinajstić information content (AvgIpc) is 3.55. The maximum atomic E-state index is 14.4. The first kappa shape index (κ1) is 37.0. The number of aromatic amines is 1. The Morgan fingerprint density at radius 2 is 1.78 bits per heavy atom. The number of hydrogen-bond acceptors (Lipinski definition) is 9. The zero-order valence-electron chi connectivity index (χ0n) is 29.0. The summed E-state index contributed by atoms with van der Waals surface area (Å²) in [6.07, 6.45) is 7.13. The van der Waals surface area contributed by atoms with Gasteiger partial charge in [-0.1, -0.05) is 42.4 Å². The number of methoxy groups -OCH3 is 1. The summed E-state index contributed by atoms with van der Waals surface area (Å²) in [5.41, 5.74) is 15.4. The van der Waals surface area contributed by atoms with E-state index >= 15 is 0 Å². The highest BCUT2D eigenvalue weighted by molar-refractivity contribution is 7.99. The van der Waals surface area contributed by atoms with Crippen molar-refractivity contribution < 1.29 is 19.1 Å². The third kappa shape index (κ3) is 9.30. The number of amides is 2. The van der Waals surface area contributed by atoms with Gasteiger partial charge in [-0.3, -0.25) is 14.4 Å². The van der Waals surface area contributed by atoms with Crippen molar-refractivity contribution in [2.45, 2.75) is 80.0 Å². The summed E-state index contributed by atoms with van der Waals surface area (Å²) < 4.78 is 5.55. The van der Waals surface area contributed by atoms with Crippen LogP contribution in [0.2, 0.25) is 0 Å². The normalized spacial score (nSPS) is 19.5. The minimum absolute atomic E-state index is 0.0459. The van der Waals surface area contributed by atoms with Crippen molar-refractivity contribution in [1.82, 2.24) is 25.5 Å². The van der Waals surface area contributed by atoms with Crippen LogP contribution in [-0.2, 0) is 33.9 Å². The fourth-order valence-corrected chi connectivity index (χ4v) is 7.49. The Kier molecular flexibility index (Phi) is 13.4. The first-order valence-corrected chi connectivity index (χ1v) is 18.2. The van der Waals surface area contributed by atoms with Crippen LogP contribution in [-0.4, -0.2) is 71.8 Å². The van der Waals surface area contributed by atoms with Gasteiger partial charge >= 0.3 is 0 Å². The molecule has 2 aromatic carbocycles. The number of unbranched alkanes of at least 4 members (excludes halogenated alkanes) is 1. The molecular weight excluding hydrogens is 651 g/mol. The van der Waals surface area contributed by atoms with Gasteiger partial charge in [-0.2, -0.15) is 0 Å². The Labute approximate surface area is 298 Å². The Hall–Kier alpha value is -4.23. The van der Waals surface area contributed by atoms with Crippen LogP contribution in [0.4, 0.5) is 0 Å². The minimum Gasteiger partial charge on any atom is -0.497 e. The topological polar surface area (TPSA) is 168 Å². The fraction of sp³-hybridized carbons (Fsp3) is 0.421. The average molecular weight is 700 g/mol. The number of pyridine rings is 1. The summed E-state index contributed by atoms with van der Waals surface area (Å²) in [4.78, 5) is 53.2. The number of fused-ring (bicyclic) bond motifs is 3. The maximum Gasteiger partial charge on any atom is 0.243 e. The summed E-state index contributed by atoms with van der Waals surface area (Å²) in [6, 6.07) is 16.2. The number of ketones is 1. The van der Waals surface area contributed by atoms with E-state index in [0.29, 0.717) is 57.5 Å². The van der Waals surface area contributed by atoms with Gasteiger partial charge in [-0.25, -0.2) is 4.98 Å². The first-order valence-electron chi connectivity index (χ1n) is 17.4. The van der Waals surface area contributed by atoms with Crippen LogP contribution >= 0.6 is 11.8 Å². The molecule has 2 aromatic heterocycles. The Morgan fingerprint density at radius 3 is 2.58 bits per heavy atom. The number of hydrogen-bond donors (Lipinski definition) is 5. The fourth-order valence-electron chi connectivity index (χ4n) is 6.50. The predicted molar refractivity (Wildman–Crippen MR) is 197 cm³/mol. The van der Waals surface area contributed by atoms with Crippen molar-refractivity contribution in [1.29, 1.82) is 0 Å². The molecule has 11 nitrogen and oxygen atoms in total. The summed E-state index contributed by atoms with van der Waals surface area (Å²) in [5, 5.41) is 8.40. The summed E-state index contributed by atoms with van der Waals surface area (Å²) in [7, 11) is 3.29. The van der Waals surface area contributed by atoms with Gasteiger partial charge in [0.05, 0.1) is 13.2 Å². The molecule has 0 saturated heterocycles. The van der Waals surface area contributed by atoms with E-state index in [-0.39, 0.29) is 30.6 Å². The van der Waals surface area contributed by atoms with Crippen LogP contribution in [0.1, 0.15) is 55.2 Å². The molecule has 1 aliphatic rings. The summed E-state index contributed by atoms with van der Waals surface area (Å²) in [6.45, 7) is 1.57. The highest BCUT2D eigenvalue weighted by atomic mass is 32.2. The first-order chi connectivity index (χ1) is 24.3. The molecule has 1 aliphatic heterocycles. The predicted octanol–water partition coefficient (Wildman–Crippen LogP) is 4.32. The number of nitrogens with one attached hydrogen (secondary N) is 3. The number of carbonyl (C=O) groups excluding carboxylic acids is 3. The van der Waals surface area contributed by atoms with E-state index in [4.69, 9.17) is 16.2 Å². The third-order valence-corrected chi connectivity index (χ3v) is 10.6.